The molecular weight excluding hydrogens is 446 g/mol. The van der Waals surface area contributed by atoms with Crippen molar-refractivity contribution in [3.63, 3.8) is 0 Å². The van der Waals surface area contributed by atoms with E-state index in [1.54, 1.807) is 12.1 Å². The van der Waals surface area contributed by atoms with Gasteiger partial charge in [0, 0.05) is 31.9 Å². The topological polar surface area (TPSA) is 137 Å². The van der Waals surface area contributed by atoms with E-state index in [2.05, 4.69) is 22.8 Å². The quantitative estimate of drug-likeness (QED) is 0.179. The number of urea groups is 1. The summed E-state index contributed by atoms with van der Waals surface area (Å²) in [6.45, 7) is 3.04. The van der Waals surface area contributed by atoms with Gasteiger partial charge in [0.15, 0.2) is 0 Å². The van der Waals surface area contributed by atoms with E-state index in [-0.39, 0.29) is 12.4 Å². The average molecular weight is 488 g/mol. The summed E-state index contributed by atoms with van der Waals surface area (Å²) in [5.74, 6) is 0.0406. The Bertz CT molecular complexity index is 878. The van der Waals surface area contributed by atoms with Gasteiger partial charge in [-0.05, 0) is 67.5 Å². The number of aliphatic hydroxyl groups is 2. The molecule has 0 heterocycles. The van der Waals surface area contributed by atoms with Gasteiger partial charge in [0.1, 0.15) is 5.75 Å². The van der Waals surface area contributed by atoms with Crippen molar-refractivity contribution in [2.75, 3.05) is 26.3 Å². The van der Waals surface area contributed by atoms with E-state index in [4.69, 9.17) is 10.5 Å². The van der Waals surface area contributed by atoms with E-state index in [1.807, 2.05) is 12.1 Å². The fourth-order valence-corrected chi connectivity index (χ4v) is 3.82. The van der Waals surface area contributed by atoms with E-state index in [0.717, 1.165) is 70.3 Å². The molecule has 7 N–H and O–H groups in total. The Morgan fingerprint density at radius 3 is 2.49 bits per heavy atom. The molecule has 0 aliphatic carbocycles. The molecule has 0 saturated heterocycles. The molecule has 8 heteroatoms. The number of hydrogen-bond acceptors (Lipinski definition) is 6. The highest BCUT2D eigenvalue weighted by atomic mass is 16.5. The zero-order valence-corrected chi connectivity index (χ0v) is 20.5. The van der Waals surface area contributed by atoms with E-state index in [9.17, 15) is 20.1 Å². The van der Waals surface area contributed by atoms with E-state index in [1.165, 1.54) is 11.6 Å². The zero-order chi connectivity index (χ0) is 25.3. The molecule has 0 fully saturated rings. The van der Waals surface area contributed by atoms with Crippen LogP contribution in [0.4, 0.5) is 4.79 Å². The van der Waals surface area contributed by atoms with Gasteiger partial charge in [0.05, 0.1) is 12.7 Å². The van der Waals surface area contributed by atoms with E-state index in [0.29, 0.717) is 24.2 Å². The van der Waals surface area contributed by atoms with Crippen molar-refractivity contribution in [2.45, 2.75) is 64.2 Å². The number of phenols is 1. The molecule has 0 radical (unpaired) electrons. The molecule has 194 valence electrons. The van der Waals surface area contributed by atoms with Crippen molar-refractivity contribution in [1.29, 1.82) is 0 Å². The van der Waals surface area contributed by atoms with Gasteiger partial charge in [-0.1, -0.05) is 43.2 Å². The number of amides is 2. The van der Waals surface area contributed by atoms with Gasteiger partial charge in [-0.2, -0.15) is 0 Å². The lowest BCUT2D eigenvalue weighted by atomic mass is 10.1. The van der Waals surface area contributed by atoms with Crippen LogP contribution in [0, 0.1) is 0 Å². The van der Waals surface area contributed by atoms with Gasteiger partial charge >= 0.3 is 6.03 Å². The number of aryl methyl sites for hydroxylation is 1. The molecule has 0 unspecified atom stereocenters. The smallest absolute Gasteiger partial charge is 0.312 e. The van der Waals surface area contributed by atoms with Crippen LogP contribution in [-0.2, 0) is 24.3 Å². The molecule has 0 aliphatic heterocycles. The standard InChI is InChI=1S/C27H41N3O5/c28-27(34)30-18-22-10-7-9-21(16-22)8-3-6-15-35-14-5-2-1-4-13-29-19-26(33)23-11-12-25(32)24(17-23)20-31/h7,9-12,16-17,26,29,31-33H,1-6,8,13-15,18-20H2,(H3,28,30,34)/t26-/m1/s1. The Hall–Kier alpha value is -2.65. The molecule has 0 aromatic heterocycles. The average Bonchev–Trinajstić information content (AvgIpc) is 2.86. The maximum Gasteiger partial charge on any atom is 0.312 e. The number of primary amides is 1. The first kappa shape index (κ1) is 28.6. The fraction of sp³-hybridized carbons (Fsp3) is 0.519. The number of ether oxygens (including phenoxy) is 1. The normalized spacial score (nSPS) is 11.9. The Kier molecular flexibility index (Phi) is 13.8. The van der Waals surface area contributed by atoms with Crippen molar-refractivity contribution < 1.29 is 24.9 Å². The lowest BCUT2D eigenvalue weighted by molar-refractivity contribution is 0.126. The van der Waals surface area contributed by atoms with Gasteiger partial charge in [0.25, 0.3) is 0 Å². The van der Waals surface area contributed by atoms with Gasteiger partial charge in [0.2, 0.25) is 0 Å². The summed E-state index contributed by atoms with van der Waals surface area (Å²) >= 11 is 0. The van der Waals surface area contributed by atoms with Gasteiger partial charge < -0.3 is 36.4 Å². The maximum absolute atomic E-state index is 10.8. The Labute approximate surface area is 208 Å². The predicted molar refractivity (Wildman–Crippen MR) is 137 cm³/mol. The van der Waals surface area contributed by atoms with Crippen LogP contribution in [0.1, 0.15) is 66.9 Å². The second-order valence-corrected chi connectivity index (χ2v) is 8.79. The van der Waals surface area contributed by atoms with Crippen molar-refractivity contribution in [3.8, 4) is 5.75 Å². The number of benzene rings is 2. The SMILES string of the molecule is NC(=O)NCc1cccc(CCCCOCCCCCCNC[C@@H](O)c2ccc(O)c(CO)c2)c1. The number of unbranched alkanes of at least 4 members (excludes halogenated alkanes) is 4. The minimum absolute atomic E-state index is 0.0406. The Morgan fingerprint density at radius 1 is 0.971 bits per heavy atom. The van der Waals surface area contributed by atoms with Gasteiger partial charge in [-0.3, -0.25) is 0 Å². The summed E-state index contributed by atoms with van der Waals surface area (Å²) in [7, 11) is 0. The fourth-order valence-electron chi connectivity index (χ4n) is 3.82. The number of hydrogen-bond donors (Lipinski definition) is 6. The maximum atomic E-state index is 10.8. The van der Waals surface area contributed by atoms with Crippen molar-refractivity contribution >= 4 is 6.03 Å². The van der Waals surface area contributed by atoms with Crippen LogP contribution in [-0.4, -0.2) is 47.7 Å². The molecule has 0 bridgehead atoms. The number of nitrogens with one attached hydrogen (secondary N) is 2. The summed E-state index contributed by atoms with van der Waals surface area (Å²) in [6, 6.07) is 12.5. The number of aromatic hydroxyl groups is 1. The first-order valence-electron chi connectivity index (χ1n) is 12.5. The number of rotatable bonds is 18. The van der Waals surface area contributed by atoms with Gasteiger partial charge in [-0.15, -0.1) is 0 Å². The van der Waals surface area contributed by atoms with Crippen LogP contribution < -0.4 is 16.4 Å². The molecular formula is C27H41N3O5. The van der Waals surface area contributed by atoms with Crippen molar-refractivity contribution in [1.82, 2.24) is 10.6 Å². The van der Waals surface area contributed by atoms with Crippen molar-refractivity contribution in [3.05, 3.63) is 64.7 Å². The monoisotopic (exact) mass is 487 g/mol. The lowest BCUT2D eigenvalue weighted by Crippen LogP contribution is -2.28. The van der Waals surface area contributed by atoms with Crippen LogP contribution in [0.5, 0.6) is 5.75 Å². The van der Waals surface area contributed by atoms with Crippen LogP contribution in [0.25, 0.3) is 0 Å². The van der Waals surface area contributed by atoms with Crippen LogP contribution in [0.15, 0.2) is 42.5 Å². The predicted octanol–water partition coefficient (Wildman–Crippen LogP) is 3.28. The summed E-state index contributed by atoms with van der Waals surface area (Å²) < 4.78 is 5.75. The highest BCUT2D eigenvalue weighted by molar-refractivity contribution is 5.71. The first-order chi connectivity index (χ1) is 17.0. The molecule has 2 rings (SSSR count). The number of carbonyl (C=O) groups is 1. The largest absolute Gasteiger partial charge is 0.508 e. The molecule has 0 saturated carbocycles. The van der Waals surface area contributed by atoms with Crippen LogP contribution in [0.2, 0.25) is 0 Å². The molecule has 2 aromatic carbocycles. The summed E-state index contributed by atoms with van der Waals surface area (Å²) in [6.07, 6.45) is 6.73. The van der Waals surface area contributed by atoms with Crippen molar-refractivity contribution in [2.24, 2.45) is 5.73 Å². The van der Waals surface area contributed by atoms with Gasteiger partial charge in [-0.25, -0.2) is 4.79 Å². The summed E-state index contributed by atoms with van der Waals surface area (Å²) in [5, 5.41) is 34.9. The number of carbonyl (C=O) groups excluding carboxylic acids is 1. The number of nitrogens with two attached hydrogens (primary N) is 1. The molecule has 35 heavy (non-hydrogen) atoms. The third kappa shape index (κ3) is 12.0. The molecule has 0 aliphatic rings. The third-order valence-electron chi connectivity index (χ3n) is 5.85. The molecule has 2 amide bonds. The second-order valence-electron chi connectivity index (χ2n) is 8.79. The highest BCUT2D eigenvalue weighted by Crippen LogP contribution is 2.22. The molecule has 8 nitrogen and oxygen atoms in total. The molecule has 2 aromatic rings. The lowest BCUT2D eigenvalue weighted by Gasteiger charge is -2.14. The minimum Gasteiger partial charge on any atom is -0.508 e. The number of aliphatic hydroxyl groups excluding tert-OH is 2. The van der Waals surface area contributed by atoms with E-state index >= 15 is 0 Å². The zero-order valence-electron chi connectivity index (χ0n) is 20.5. The summed E-state index contributed by atoms with van der Waals surface area (Å²) in [5.41, 5.74) is 8.53. The van der Waals surface area contributed by atoms with Crippen LogP contribution >= 0.6 is 0 Å². The molecule has 1 atom stereocenters. The van der Waals surface area contributed by atoms with E-state index < -0.39 is 12.1 Å². The Balaban J connectivity index is 1.41. The van der Waals surface area contributed by atoms with Crippen LogP contribution in [0.3, 0.4) is 0 Å². The first-order valence-corrected chi connectivity index (χ1v) is 12.5. The summed E-state index contributed by atoms with van der Waals surface area (Å²) in [4.78, 5) is 10.8. The minimum atomic E-state index is -0.669. The second kappa shape index (κ2) is 16.9. The Morgan fingerprint density at radius 2 is 1.71 bits per heavy atom. The highest BCUT2D eigenvalue weighted by Gasteiger charge is 2.09. The molecule has 0 spiro atoms. The third-order valence-corrected chi connectivity index (χ3v) is 5.85.